The van der Waals surface area contributed by atoms with E-state index in [1.807, 2.05) is 11.8 Å². The van der Waals surface area contributed by atoms with Crippen molar-refractivity contribution in [3.63, 3.8) is 0 Å². The topological polar surface area (TPSA) is 54.3 Å². The monoisotopic (exact) mass is 587 g/mol. The van der Waals surface area contributed by atoms with Gasteiger partial charge in [-0.3, -0.25) is 14.2 Å². The molecular weight excluding hydrogens is 557 g/mol. The molecule has 38 heavy (non-hydrogen) atoms. The molecule has 5 nitrogen and oxygen atoms in total. The van der Waals surface area contributed by atoms with Crippen LogP contribution in [-0.4, -0.2) is 28.8 Å². The SMILES string of the molecule is CCN(CC)c1ccc(C2c3sc(=O)n(CC(=O)Nc4ccc(Cl)c(Cl)c4)c3SC3C4CCC(C4)C23)cc1. The van der Waals surface area contributed by atoms with Crippen molar-refractivity contribution in [1.82, 2.24) is 4.57 Å². The van der Waals surface area contributed by atoms with Crippen LogP contribution in [0, 0.1) is 17.8 Å². The molecule has 5 atom stereocenters. The largest absolute Gasteiger partial charge is 0.372 e. The van der Waals surface area contributed by atoms with Gasteiger partial charge in [-0.2, -0.15) is 0 Å². The summed E-state index contributed by atoms with van der Waals surface area (Å²) in [5, 5.41) is 5.16. The molecule has 1 aromatic heterocycles. The summed E-state index contributed by atoms with van der Waals surface area (Å²) in [6, 6.07) is 14.0. The van der Waals surface area contributed by atoms with E-state index in [4.69, 9.17) is 23.2 Å². The van der Waals surface area contributed by atoms with Crippen molar-refractivity contribution in [3.05, 3.63) is 72.6 Å². The number of nitrogens with zero attached hydrogens (tertiary/aromatic N) is 2. The van der Waals surface area contributed by atoms with Crippen molar-refractivity contribution in [2.75, 3.05) is 23.3 Å². The number of hydrogen-bond donors (Lipinski definition) is 1. The van der Waals surface area contributed by atoms with Gasteiger partial charge in [0.15, 0.2) is 0 Å². The lowest BCUT2D eigenvalue weighted by Gasteiger charge is -2.40. The maximum absolute atomic E-state index is 13.3. The number of rotatable bonds is 7. The van der Waals surface area contributed by atoms with E-state index in [0.717, 1.165) is 23.0 Å². The van der Waals surface area contributed by atoms with E-state index in [9.17, 15) is 9.59 Å². The van der Waals surface area contributed by atoms with Gasteiger partial charge in [0.25, 0.3) is 0 Å². The summed E-state index contributed by atoms with van der Waals surface area (Å²) >= 11 is 15.3. The van der Waals surface area contributed by atoms with Gasteiger partial charge in [0.2, 0.25) is 5.91 Å². The second kappa shape index (κ2) is 10.6. The van der Waals surface area contributed by atoms with E-state index in [-0.39, 0.29) is 23.2 Å². The Kier molecular flexibility index (Phi) is 7.31. The van der Waals surface area contributed by atoms with Crippen molar-refractivity contribution < 1.29 is 4.79 Å². The van der Waals surface area contributed by atoms with Crippen LogP contribution in [0.15, 0.2) is 52.3 Å². The molecule has 0 saturated heterocycles. The Morgan fingerprint density at radius 3 is 2.50 bits per heavy atom. The first-order valence-electron chi connectivity index (χ1n) is 13.4. The van der Waals surface area contributed by atoms with E-state index in [0.29, 0.717) is 38.7 Å². The fourth-order valence-corrected chi connectivity index (χ4v) is 10.3. The predicted molar refractivity (Wildman–Crippen MR) is 159 cm³/mol. The van der Waals surface area contributed by atoms with Gasteiger partial charge in [-0.05, 0) is 86.8 Å². The average Bonchev–Trinajstić information content (AvgIpc) is 3.61. The van der Waals surface area contributed by atoms with Gasteiger partial charge in [0.05, 0.1) is 15.1 Å². The molecule has 200 valence electrons. The zero-order chi connectivity index (χ0) is 26.6. The fraction of sp³-hybridized carbons (Fsp3) is 0.448. The summed E-state index contributed by atoms with van der Waals surface area (Å²) in [4.78, 5) is 29.8. The fourth-order valence-electron chi connectivity index (χ4n) is 6.86. The van der Waals surface area contributed by atoms with Crippen LogP contribution in [0.25, 0.3) is 0 Å². The van der Waals surface area contributed by atoms with Crippen LogP contribution in [0.5, 0.6) is 0 Å². The molecule has 9 heteroatoms. The van der Waals surface area contributed by atoms with Gasteiger partial charge in [-0.25, -0.2) is 0 Å². The Morgan fingerprint density at radius 2 is 1.79 bits per heavy atom. The molecule has 6 rings (SSSR count). The van der Waals surface area contributed by atoms with E-state index in [1.54, 1.807) is 22.8 Å². The average molecular weight is 589 g/mol. The second-order valence-electron chi connectivity index (χ2n) is 10.5. The highest BCUT2D eigenvalue weighted by Gasteiger charge is 2.55. The maximum atomic E-state index is 13.3. The minimum atomic E-state index is -0.248. The van der Waals surface area contributed by atoms with E-state index >= 15 is 0 Å². The summed E-state index contributed by atoms with van der Waals surface area (Å²) < 4.78 is 1.69. The zero-order valence-electron chi connectivity index (χ0n) is 21.5. The van der Waals surface area contributed by atoms with Crippen molar-refractivity contribution in [2.24, 2.45) is 17.8 Å². The lowest BCUT2D eigenvalue weighted by atomic mass is 9.75. The van der Waals surface area contributed by atoms with Crippen molar-refractivity contribution in [3.8, 4) is 0 Å². The van der Waals surface area contributed by atoms with Gasteiger partial charge >= 0.3 is 4.87 Å². The molecule has 0 radical (unpaired) electrons. The van der Waals surface area contributed by atoms with Crippen molar-refractivity contribution >= 4 is 63.6 Å². The van der Waals surface area contributed by atoms with Crippen molar-refractivity contribution in [2.45, 2.75) is 55.8 Å². The molecule has 1 aliphatic heterocycles. The minimum absolute atomic E-state index is 0.0169. The Hall–Kier alpha value is -1.93. The number of aromatic nitrogens is 1. The smallest absolute Gasteiger partial charge is 0.308 e. The molecule has 2 saturated carbocycles. The van der Waals surface area contributed by atoms with Crippen LogP contribution in [0.3, 0.4) is 0 Å². The van der Waals surface area contributed by atoms with E-state index < -0.39 is 0 Å². The summed E-state index contributed by atoms with van der Waals surface area (Å²) in [6.07, 6.45) is 3.85. The predicted octanol–water partition coefficient (Wildman–Crippen LogP) is 7.35. The highest BCUT2D eigenvalue weighted by Crippen LogP contribution is 2.64. The van der Waals surface area contributed by atoms with Gasteiger partial charge in [-0.15, -0.1) is 11.8 Å². The Morgan fingerprint density at radius 1 is 1.05 bits per heavy atom. The summed E-state index contributed by atoms with van der Waals surface area (Å²) in [7, 11) is 0. The van der Waals surface area contributed by atoms with E-state index in [1.165, 1.54) is 41.9 Å². The molecule has 2 fully saturated rings. The molecule has 5 unspecified atom stereocenters. The minimum Gasteiger partial charge on any atom is -0.372 e. The van der Waals surface area contributed by atoms with Gasteiger partial charge in [0.1, 0.15) is 6.54 Å². The van der Waals surface area contributed by atoms with Crippen LogP contribution >= 0.6 is 46.3 Å². The number of thioether (sulfide) groups is 1. The zero-order valence-corrected chi connectivity index (χ0v) is 24.6. The molecule has 2 aliphatic carbocycles. The van der Waals surface area contributed by atoms with Crippen LogP contribution in [0.1, 0.15) is 49.5 Å². The van der Waals surface area contributed by atoms with Gasteiger partial charge < -0.3 is 10.2 Å². The number of amides is 1. The summed E-state index contributed by atoms with van der Waals surface area (Å²) in [6.45, 7) is 6.29. The van der Waals surface area contributed by atoms with Crippen LogP contribution in [0.4, 0.5) is 11.4 Å². The highest BCUT2D eigenvalue weighted by atomic mass is 35.5. The first-order chi connectivity index (χ1) is 18.4. The van der Waals surface area contributed by atoms with Gasteiger partial charge in [0, 0.05) is 40.5 Å². The summed E-state index contributed by atoms with van der Waals surface area (Å²) in [5.74, 6) is 1.90. The number of nitrogens with one attached hydrogen (secondary N) is 1. The van der Waals surface area contributed by atoms with Crippen LogP contribution in [-0.2, 0) is 11.3 Å². The molecule has 1 N–H and O–H groups in total. The Balaban J connectivity index is 1.33. The lowest BCUT2D eigenvalue weighted by molar-refractivity contribution is -0.116. The number of fused-ring (bicyclic) bond motifs is 6. The number of halogens is 2. The molecule has 3 aromatic rings. The number of benzene rings is 2. The maximum Gasteiger partial charge on any atom is 0.308 e. The lowest BCUT2D eigenvalue weighted by Crippen LogP contribution is -2.35. The molecular formula is C29H31Cl2N3O2S2. The number of carbonyl (C=O) groups excluding carboxylic acids is 1. The highest BCUT2D eigenvalue weighted by molar-refractivity contribution is 8.00. The third kappa shape index (κ3) is 4.59. The van der Waals surface area contributed by atoms with Crippen LogP contribution < -0.4 is 15.1 Å². The molecule has 2 heterocycles. The number of hydrogen-bond acceptors (Lipinski definition) is 5. The molecule has 2 bridgehead atoms. The van der Waals surface area contributed by atoms with Crippen molar-refractivity contribution in [1.29, 1.82) is 0 Å². The standard InChI is InChI=1S/C29H31Cl2N3O2S2/c1-3-33(4-2)20-10-7-16(8-11-20)24-25-17-5-6-18(13-17)26(25)37-28-27(24)38-29(36)34(28)15-23(35)32-19-9-12-21(30)22(31)14-19/h7-12,14,17-18,24-26H,3-6,13,15H2,1-2H3,(H,32,35). The Bertz CT molecular complexity index is 1420. The van der Waals surface area contributed by atoms with Crippen LogP contribution in [0.2, 0.25) is 10.0 Å². The second-order valence-corrected chi connectivity index (χ2v) is 13.5. The number of anilines is 2. The third-order valence-corrected chi connectivity index (χ3v) is 12.1. The first kappa shape index (κ1) is 26.3. The number of thiazole rings is 1. The van der Waals surface area contributed by atoms with E-state index in [2.05, 4.69) is 48.3 Å². The quantitative estimate of drug-likeness (QED) is 0.314. The molecule has 1 amide bonds. The summed E-state index contributed by atoms with van der Waals surface area (Å²) in [5.41, 5.74) is 3.09. The first-order valence-corrected chi connectivity index (χ1v) is 15.8. The third-order valence-electron chi connectivity index (χ3n) is 8.58. The molecule has 0 spiro atoms. The normalized spacial score (nSPS) is 25.2. The number of carbonyl (C=O) groups is 1. The molecule has 3 aliphatic rings. The Labute approximate surface area is 241 Å². The molecule has 2 aromatic carbocycles. The van der Waals surface area contributed by atoms with Gasteiger partial charge in [-0.1, -0.05) is 46.7 Å².